The summed E-state index contributed by atoms with van der Waals surface area (Å²) in [5, 5.41) is 9.03. The molecular weight excluding hydrogens is 336 g/mol. The first-order chi connectivity index (χ1) is 12.1. The van der Waals surface area contributed by atoms with Crippen LogP contribution < -0.4 is 0 Å². The van der Waals surface area contributed by atoms with Crippen molar-refractivity contribution in [3.63, 3.8) is 0 Å². The molecule has 2 heterocycles. The van der Waals surface area contributed by atoms with Gasteiger partial charge in [-0.15, -0.1) is 11.3 Å². The Hall–Kier alpha value is -1.40. The highest BCUT2D eigenvalue weighted by atomic mass is 32.1. The topological polar surface area (TPSA) is 60.9 Å². The number of thiophene rings is 1. The second-order valence-electron chi connectivity index (χ2n) is 7.10. The molecule has 1 N–H and O–H groups in total. The van der Waals surface area contributed by atoms with Crippen molar-refractivity contribution in [1.29, 1.82) is 0 Å². The third-order valence-corrected chi connectivity index (χ3v) is 6.70. The molecule has 6 heteroatoms. The lowest BCUT2D eigenvalue weighted by Crippen LogP contribution is -2.48. The molecule has 0 unspecified atom stereocenters. The molecule has 0 spiro atoms. The van der Waals surface area contributed by atoms with Crippen molar-refractivity contribution >= 4 is 23.2 Å². The Kier molecular flexibility index (Phi) is 6.12. The molecular formula is C19H28N2O3S. The van der Waals surface area contributed by atoms with Gasteiger partial charge in [0, 0.05) is 24.0 Å². The van der Waals surface area contributed by atoms with Crippen molar-refractivity contribution in [3.05, 3.63) is 21.4 Å². The summed E-state index contributed by atoms with van der Waals surface area (Å²) in [6.45, 7) is 4.28. The molecule has 1 aliphatic carbocycles. The largest absolute Gasteiger partial charge is 0.480 e. The van der Waals surface area contributed by atoms with Crippen LogP contribution in [-0.2, 0) is 17.6 Å². The van der Waals surface area contributed by atoms with Crippen LogP contribution in [0, 0.1) is 0 Å². The second-order valence-corrected chi connectivity index (χ2v) is 8.24. The van der Waals surface area contributed by atoms with E-state index in [1.807, 2.05) is 16.7 Å². The van der Waals surface area contributed by atoms with Crippen molar-refractivity contribution in [2.24, 2.45) is 0 Å². The summed E-state index contributed by atoms with van der Waals surface area (Å²) in [7, 11) is 0. The van der Waals surface area contributed by atoms with E-state index >= 15 is 0 Å². The predicted molar refractivity (Wildman–Crippen MR) is 99.4 cm³/mol. The molecule has 0 radical (unpaired) electrons. The Morgan fingerprint density at radius 1 is 1.24 bits per heavy atom. The quantitative estimate of drug-likeness (QED) is 0.816. The molecule has 1 aromatic rings. The number of aryl methyl sites for hydroxylation is 2. The third kappa shape index (κ3) is 4.42. The first kappa shape index (κ1) is 18.4. The predicted octanol–water partition coefficient (Wildman–Crippen LogP) is 3.03. The van der Waals surface area contributed by atoms with E-state index in [2.05, 4.69) is 6.07 Å². The number of carbonyl (C=O) groups excluding carboxylic acids is 1. The maximum atomic E-state index is 12.9. The van der Waals surface area contributed by atoms with Gasteiger partial charge in [0.05, 0.1) is 11.4 Å². The lowest BCUT2D eigenvalue weighted by Gasteiger charge is -2.37. The molecule has 0 saturated carbocycles. The summed E-state index contributed by atoms with van der Waals surface area (Å²) < 4.78 is 0. The van der Waals surface area contributed by atoms with Gasteiger partial charge in [0.25, 0.3) is 5.91 Å². The SMILES string of the molecule is CCN(CC(=O)O)C1CCN(C(=O)c2cc3c(s2)CCCCC3)CC1. The van der Waals surface area contributed by atoms with Crippen molar-refractivity contribution < 1.29 is 14.7 Å². The van der Waals surface area contributed by atoms with E-state index in [1.54, 1.807) is 11.3 Å². The zero-order chi connectivity index (χ0) is 17.8. The molecule has 5 nitrogen and oxygen atoms in total. The van der Waals surface area contributed by atoms with Gasteiger partial charge in [0.15, 0.2) is 0 Å². The smallest absolute Gasteiger partial charge is 0.317 e. The highest BCUT2D eigenvalue weighted by Gasteiger charge is 2.28. The number of carboxylic acid groups (broad SMARTS) is 1. The highest BCUT2D eigenvalue weighted by Crippen LogP contribution is 2.30. The van der Waals surface area contributed by atoms with Gasteiger partial charge in [-0.3, -0.25) is 14.5 Å². The maximum Gasteiger partial charge on any atom is 0.317 e. The Balaban J connectivity index is 1.59. The molecule has 0 aromatic carbocycles. The van der Waals surface area contributed by atoms with Crippen LogP contribution in [-0.4, -0.2) is 59.0 Å². The van der Waals surface area contributed by atoms with Crippen LogP contribution in [0.5, 0.6) is 0 Å². The zero-order valence-corrected chi connectivity index (χ0v) is 15.8. The van der Waals surface area contributed by atoms with Crippen molar-refractivity contribution in [2.75, 3.05) is 26.2 Å². The van der Waals surface area contributed by atoms with Crippen molar-refractivity contribution in [3.8, 4) is 0 Å². The van der Waals surface area contributed by atoms with Crippen LogP contribution >= 0.6 is 11.3 Å². The van der Waals surface area contributed by atoms with E-state index in [-0.39, 0.29) is 18.5 Å². The number of piperidine rings is 1. The van der Waals surface area contributed by atoms with Crippen LogP contribution in [0.1, 0.15) is 59.1 Å². The zero-order valence-electron chi connectivity index (χ0n) is 15.0. The van der Waals surface area contributed by atoms with Crippen LogP contribution in [0.25, 0.3) is 0 Å². The van der Waals surface area contributed by atoms with E-state index in [0.717, 1.165) is 50.2 Å². The van der Waals surface area contributed by atoms with Gasteiger partial charge < -0.3 is 10.0 Å². The highest BCUT2D eigenvalue weighted by molar-refractivity contribution is 7.14. The normalized spacial score (nSPS) is 18.9. The number of nitrogens with zero attached hydrogens (tertiary/aromatic N) is 2. The number of amides is 1. The van der Waals surface area contributed by atoms with Crippen LogP contribution in [0.15, 0.2) is 6.07 Å². The summed E-state index contributed by atoms with van der Waals surface area (Å²) in [4.78, 5) is 30.1. The fourth-order valence-electron chi connectivity index (χ4n) is 4.04. The molecule has 1 amide bonds. The van der Waals surface area contributed by atoms with Gasteiger partial charge in [-0.05, 0) is 56.7 Å². The number of carboxylic acids is 1. The number of rotatable bonds is 5. The lowest BCUT2D eigenvalue weighted by molar-refractivity contribution is -0.139. The number of fused-ring (bicyclic) bond motifs is 1. The molecule has 3 rings (SSSR count). The minimum atomic E-state index is -0.777. The second kappa shape index (κ2) is 8.32. The molecule has 1 saturated heterocycles. The van der Waals surface area contributed by atoms with Gasteiger partial charge in [0.1, 0.15) is 0 Å². The summed E-state index contributed by atoms with van der Waals surface area (Å²) in [6, 6.07) is 2.40. The number of aliphatic carboxylic acids is 1. The van der Waals surface area contributed by atoms with E-state index < -0.39 is 5.97 Å². The summed E-state index contributed by atoms with van der Waals surface area (Å²) in [6.07, 6.45) is 7.72. The number of likely N-dealkylation sites (N-methyl/N-ethyl adjacent to an activating group) is 1. The lowest BCUT2D eigenvalue weighted by atomic mass is 10.0. The first-order valence-electron chi connectivity index (χ1n) is 9.45. The number of hydrogen-bond acceptors (Lipinski definition) is 4. The van der Waals surface area contributed by atoms with Crippen molar-refractivity contribution in [1.82, 2.24) is 9.80 Å². The molecule has 25 heavy (non-hydrogen) atoms. The molecule has 0 atom stereocenters. The van der Waals surface area contributed by atoms with Gasteiger partial charge in [-0.2, -0.15) is 0 Å². The van der Waals surface area contributed by atoms with E-state index in [1.165, 1.54) is 29.7 Å². The van der Waals surface area contributed by atoms with Crippen molar-refractivity contribution in [2.45, 2.75) is 57.9 Å². The standard InChI is InChI=1S/C19H28N2O3S/c1-2-20(13-18(22)23)15-8-10-21(11-9-15)19(24)17-12-14-6-4-3-5-7-16(14)25-17/h12,15H,2-11,13H2,1H3,(H,22,23). The fraction of sp³-hybridized carbons (Fsp3) is 0.684. The number of likely N-dealkylation sites (tertiary alicyclic amines) is 1. The molecule has 1 fully saturated rings. The van der Waals surface area contributed by atoms with Crippen LogP contribution in [0.3, 0.4) is 0 Å². The first-order valence-corrected chi connectivity index (χ1v) is 10.3. The maximum absolute atomic E-state index is 12.9. The number of carbonyl (C=O) groups is 2. The monoisotopic (exact) mass is 364 g/mol. The van der Waals surface area contributed by atoms with E-state index in [0.29, 0.717) is 0 Å². The molecule has 1 aliphatic heterocycles. The van der Waals surface area contributed by atoms with E-state index in [4.69, 9.17) is 5.11 Å². The fourth-order valence-corrected chi connectivity index (χ4v) is 5.26. The number of hydrogen-bond donors (Lipinski definition) is 1. The molecule has 2 aliphatic rings. The minimum Gasteiger partial charge on any atom is -0.480 e. The van der Waals surface area contributed by atoms with Gasteiger partial charge in [0.2, 0.25) is 0 Å². The Morgan fingerprint density at radius 2 is 1.96 bits per heavy atom. The Bertz CT molecular complexity index is 597. The molecule has 0 bridgehead atoms. The third-order valence-electron chi connectivity index (χ3n) is 5.47. The Morgan fingerprint density at radius 3 is 2.64 bits per heavy atom. The average molecular weight is 365 g/mol. The van der Waals surface area contributed by atoms with Gasteiger partial charge >= 0.3 is 5.97 Å². The van der Waals surface area contributed by atoms with Gasteiger partial charge in [-0.25, -0.2) is 0 Å². The average Bonchev–Trinajstić information content (AvgIpc) is 2.89. The Labute approximate surface area is 153 Å². The molecule has 138 valence electrons. The van der Waals surface area contributed by atoms with Gasteiger partial charge in [-0.1, -0.05) is 13.3 Å². The summed E-state index contributed by atoms with van der Waals surface area (Å²) >= 11 is 1.69. The summed E-state index contributed by atoms with van der Waals surface area (Å²) in [5.74, 6) is -0.613. The van der Waals surface area contributed by atoms with Crippen LogP contribution in [0.2, 0.25) is 0 Å². The van der Waals surface area contributed by atoms with Crippen LogP contribution in [0.4, 0.5) is 0 Å². The minimum absolute atomic E-state index is 0.0900. The molecule has 1 aromatic heterocycles. The van der Waals surface area contributed by atoms with E-state index in [9.17, 15) is 9.59 Å². The summed E-state index contributed by atoms with van der Waals surface area (Å²) in [5.41, 5.74) is 1.39.